The molecule has 30 heavy (non-hydrogen) atoms. The molecule has 0 fully saturated rings. The van der Waals surface area contributed by atoms with Crippen LogP contribution in [0, 0.1) is 5.41 Å². The Labute approximate surface area is 182 Å². The summed E-state index contributed by atoms with van der Waals surface area (Å²) in [6.07, 6.45) is 0. The molecule has 1 heterocycles. The molecule has 0 aliphatic rings. The van der Waals surface area contributed by atoms with Gasteiger partial charge in [-0.1, -0.05) is 62.7 Å². The van der Waals surface area contributed by atoms with Gasteiger partial charge in [0.15, 0.2) is 0 Å². The lowest BCUT2D eigenvalue weighted by atomic mass is 9.96. The summed E-state index contributed by atoms with van der Waals surface area (Å²) >= 11 is 6.65. The van der Waals surface area contributed by atoms with E-state index < -0.39 is 5.97 Å². The second kappa shape index (κ2) is 8.52. The Balaban J connectivity index is 1.92. The molecule has 0 spiro atoms. The van der Waals surface area contributed by atoms with E-state index in [2.05, 4.69) is 26.1 Å². The summed E-state index contributed by atoms with van der Waals surface area (Å²) in [5.74, 6) is -0.623. The van der Waals surface area contributed by atoms with E-state index in [-0.39, 0.29) is 17.4 Å². The molecule has 5 nitrogen and oxygen atoms in total. The number of amides is 1. The van der Waals surface area contributed by atoms with Crippen LogP contribution in [0.1, 0.15) is 60.1 Å². The first-order valence-corrected chi connectivity index (χ1v) is 10.3. The first kappa shape index (κ1) is 21.9. The van der Waals surface area contributed by atoms with Crippen molar-refractivity contribution < 1.29 is 14.3 Å². The van der Waals surface area contributed by atoms with E-state index in [4.69, 9.17) is 16.3 Å². The minimum Gasteiger partial charge on any atom is -0.465 e. The maximum Gasteiger partial charge on any atom is 0.337 e. The zero-order valence-corrected chi connectivity index (χ0v) is 18.7. The van der Waals surface area contributed by atoms with Crippen LogP contribution < -0.4 is 5.32 Å². The summed E-state index contributed by atoms with van der Waals surface area (Å²) < 4.78 is 6.73. The zero-order chi connectivity index (χ0) is 22.1. The van der Waals surface area contributed by atoms with Crippen molar-refractivity contribution in [3.63, 3.8) is 0 Å². The van der Waals surface area contributed by atoms with E-state index in [1.807, 2.05) is 47.9 Å². The summed E-state index contributed by atoms with van der Waals surface area (Å²) in [6.45, 7) is 8.94. The molecule has 0 saturated heterocycles. The van der Waals surface area contributed by atoms with Crippen LogP contribution in [-0.4, -0.2) is 23.6 Å². The second-order valence-electron chi connectivity index (χ2n) is 8.64. The number of nitrogens with one attached hydrogen (secondary N) is 1. The average Bonchev–Trinajstić information content (AvgIpc) is 2.98. The summed E-state index contributed by atoms with van der Waals surface area (Å²) in [6, 6.07) is 14.5. The van der Waals surface area contributed by atoms with Crippen molar-refractivity contribution in [2.75, 3.05) is 7.11 Å². The molecule has 0 aliphatic carbocycles. The summed E-state index contributed by atoms with van der Waals surface area (Å²) in [7, 11) is 1.35. The third kappa shape index (κ3) is 4.51. The number of carbonyl (C=O) groups is 2. The lowest BCUT2D eigenvalue weighted by Gasteiger charge is -2.22. The van der Waals surface area contributed by atoms with Gasteiger partial charge in [0.1, 0.15) is 5.69 Å². The SMILES string of the molecule is COC(=O)c1ccc([C@H](C)NC(=O)c2c(Cl)c3ccccc3n2CC(C)(C)C)cc1. The zero-order valence-electron chi connectivity index (χ0n) is 18.0. The fourth-order valence-corrected chi connectivity index (χ4v) is 3.84. The van der Waals surface area contributed by atoms with Crippen molar-refractivity contribution in [3.8, 4) is 0 Å². The van der Waals surface area contributed by atoms with E-state index in [0.717, 1.165) is 16.5 Å². The second-order valence-corrected chi connectivity index (χ2v) is 9.01. The van der Waals surface area contributed by atoms with Crippen molar-refractivity contribution >= 4 is 34.4 Å². The molecule has 3 rings (SSSR count). The van der Waals surface area contributed by atoms with Gasteiger partial charge in [0.05, 0.1) is 29.3 Å². The maximum atomic E-state index is 13.3. The number of hydrogen-bond acceptors (Lipinski definition) is 3. The van der Waals surface area contributed by atoms with Crippen molar-refractivity contribution in [2.45, 2.75) is 40.3 Å². The first-order chi connectivity index (χ1) is 14.1. The van der Waals surface area contributed by atoms with Gasteiger partial charge in [0.2, 0.25) is 0 Å². The van der Waals surface area contributed by atoms with Gasteiger partial charge in [-0.2, -0.15) is 0 Å². The number of rotatable bonds is 5. The summed E-state index contributed by atoms with van der Waals surface area (Å²) in [5.41, 5.74) is 2.72. The molecule has 3 aromatic rings. The first-order valence-electron chi connectivity index (χ1n) is 9.88. The fraction of sp³-hybridized carbons (Fsp3) is 0.333. The van der Waals surface area contributed by atoms with E-state index in [0.29, 0.717) is 22.8 Å². The van der Waals surface area contributed by atoms with Gasteiger partial charge in [-0.15, -0.1) is 0 Å². The highest BCUT2D eigenvalue weighted by Crippen LogP contribution is 2.33. The van der Waals surface area contributed by atoms with Gasteiger partial charge in [-0.25, -0.2) is 4.79 Å². The standard InChI is InChI=1S/C24H27ClN2O3/c1-15(16-10-12-17(13-11-16)23(29)30-5)26-22(28)21-20(25)18-8-6-7-9-19(18)27(21)14-24(2,3)4/h6-13,15H,14H2,1-5H3,(H,26,28)/t15-/m0/s1. The largest absolute Gasteiger partial charge is 0.465 e. The monoisotopic (exact) mass is 426 g/mol. The minimum atomic E-state index is -0.392. The number of ether oxygens (including phenoxy) is 1. The highest BCUT2D eigenvalue weighted by Gasteiger charge is 2.25. The Morgan fingerprint density at radius 1 is 1.10 bits per heavy atom. The van der Waals surface area contributed by atoms with Crippen molar-refractivity contribution in [1.82, 2.24) is 9.88 Å². The number of esters is 1. The predicted molar refractivity (Wildman–Crippen MR) is 120 cm³/mol. The molecule has 1 N–H and O–H groups in total. The molecule has 1 amide bonds. The van der Waals surface area contributed by atoms with E-state index in [1.165, 1.54) is 7.11 Å². The smallest absolute Gasteiger partial charge is 0.337 e. The number of fused-ring (bicyclic) bond motifs is 1. The maximum absolute atomic E-state index is 13.3. The Morgan fingerprint density at radius 2 is 1.73 bits per heavy atom. The summed E-state index contributed by atoms with van der Waals surface area (Å²) in [4.78, 5) is 24.9. The number of methoxy groups -OCH3 is 1. The Bertz CT molecular complexity index is 1080. The van der Waals surface area contributed by atoms with Gasteiger partial charge < -0.3 is 14.6 Å². The van der Waals surface area contributed by atoms with Crippen LogP contribution in [0.3, 0.4) is 0 Å². The molecule has 0 bridgehead atoms. The molecule has 0 unspecified atom stereocenters. The fourth-order valence-electron chi connectivity index (χ4n) is 3.50. The Hall–Kier alpha value is -2.79. The number of para-hydroxylation sites is 1. The number of aromatic nitrogens is 1. The highest BCUT2D eigenvalue weighted by atomic mass is 35.5. The number of nitrogens with zero attached hydrogens (tertiary/aromatic N) is 1. The van der Waals surface area contributed by atoms with Crippen molar-refractivity contribution in [2.24, 2.45) is 5.41 Å². The minimum absolute atomic E-state index is 0.0323. The van der Waals surface area contributed by atoms with Gasteiger partial charge >= 0.3 is 5.97 Å². The normalized spacial score (nSPS) is 12.6. The predicted octanol–water partition coefficient (Wildman–Crippen LogP) is 5.62. The number of carbonyl (C=O) groups excluding carboxylic acids is 2. The molecule has 2 aromatic carbocycles. The molecule has 0 saturated carbocycles. The van der Waals surface area contributed by atoms with Crippen LogP contribution in [0.4, 0.5) is 0 Å². The highest BCUT2D eigenvalue weighted by molar-refractivity contribution is 6.38. The average molecular weight is 427 g/mol. The Morgan fingerprint density at radius 3 is 2.33 bits per heavy atom. The molecule has 6 heteroatoms. The molecule has 158 valence electrons. The van der Waals surface area contributed by atoms with E-state index in [9.17, 15) is 9.59 Å². The van der Waals surface area contributed by atoms with Gasteiger partial charge in [0.25, 0.3) is 5.91 Å². The van der Waals surface area contributed by atoms with Gasteiger partial charge in [-0.3, -0.25) is 4.79 Å². The molecule has 0 aliphatic heterocycles. The lowest BCUT2D eigenvalue weighted by molar-refractivity contribution is 0.0600. The third-order valence-electron chi connectivity index (χ3n) is 4.94. The summed E-state index contributed by atoms with van der Waals surface area (Å²) in [5, 5.41) is 4.37. The van der Waals surface area contributed by atoms with E-state index in [1.54, 1.807) is 12.1 Å². The lowest BCUT2D eigenvalue weighted by Crippen LogP contribution is -2.30. The third-order valence-corrected chi connectivity index (χ3v) is 5.32. The van der Waals surface area contributed by atoms with Crippen LogP contribution in [0.5, 0.6) is 0 Å². The van der Waals surface area contributed by atoms with Gasteiger partial charge in [0, 0.05) is 11.9 Å². The van der Waals surface area contributed by atoms with E-state index >= 15 is 0 Å². The van der Waals surface area contributed by atoms with Crippen LogP contribution in [0.25, 0.3) is 10.9 Å². The molecular formula is C24H27ClN2O3. The van der Waals surface area contributed by atoms with Crippen LogP contribution in [0.15, 0.2) is 48.5 Å². The topological polar surface area (TPSA) is 60.3 Å². The van der Waals surface area contributed by atoms with Gasteiger partial charge in [-0.05, 0) is 36.1 Å². The molecule has 1 aromatic heterocycles. The van der Waals surface area contributed by atoms with Crippen molar-refractivity contribution in [3.05, 3.63) is 70.4 Å². The molecule has 0 radical (unpaired) electrons. The van der Waals surface area contributed by atoms with Crippen molar-refractivity contribution in [1.29, 1.82) is 0 Å². The Kier molecular flexibility index (Phi) is 6.22. The van der Waals surface area contributed by atoms with Crippen LogP contribution >= 0.6 is 11.6 Å². The number of benzene rings is 2. The van der Waals surface area contributed by atoms with Crippen LogP contribution in [0.2, 0.25) is 5.02 Å². The molecule has 1 atom stereocenters. The quantitative estimate of drug-likeness (QED) is 0.538. The molecular weight excluding hydrogens is 400 g/mol. The van der Waals surface area contributed by atoms with Crippen LogP contribution in [-0.2, 0) is 11.3 Å². The number of halogens is 1. The number of hydrogen-bond donors (Lipinski definition) is 1.